The van der Waals surface area contributed by atoms with Crippen molar-refractivity contribution in [3.05, 3.63) is 29.0 Å². The molecule has 1 heterocycles. The highest BCUT2D eigenvalue weighted by molar-refractivity contribution is 6.45. The van der Waals surface area contributed by atoms with Crippen LogP contribution in [0, 0.1) is 5.82 Å². The highest BCUT2D eigenvalue weighted by atomic mass is 35.5. The average Bonchev–Trinajstić information content (AvgIpc) is 2.73. The van der Waals surface area contributed by atoms with Gasteiger partial charge in [-0.3, -0.25) is 19.3 Å². The highest BCUT2D eigenvalue weighted by Gasteiger charge is 2.44. The van der Waals surface area contributed by atoms with Crippen molar-refractivity contribution < 1.29 is 28.3 Å². The van der Waals surface area contributed by atoms with Gasteiger partial charge in [0.2, 0.25) is 5.91 Å². The fourth-order valence-corrected chi connectivity index (χ4v) is 2.17. The molecule has 24 heavy (non-hydrogen) atoms. The van der Waals surface area contributed by atoms with E-state index < -0.39 is 36.1 Å². The molecule has 10 heteroatoms. The number of ether oxygens (including phenoxy) is 1. The highest BCUT2D eigenvalue weighted by Crippen LogP contribution is 2.20. The monoisotopic (exact) mass is 357 g/mol. The number of carbonyl (C=O) groups excluding carboxylic acids is 4. The van der Waals surface area contributed by atoms with E-state index in [0.717, 1.165) is 6.07 Å². The minimum absolute atomic E-state index is 0.0541. The topological polar surface area (TPSA) is 96.0 Å². The molecule has 0 radical (unpaired) electrons. The molecule has 1 aromatic rings. The summed E-state index contributed by atoms with van der Waals surface area (Å²) in [7, 11) is 1.37. The van der Waals surface area contributed by atoms with Crippen molar-refractivity contribution in [2.75, 3.05) is 32.1 Å². The predicted octanol–water partition coefficient (Wildman–Crippen LogP) is 0.855. The van der Waals surface area contributed by atoms with Gasteiger partial charge in [-0.25, -0.2) is 14.1 Å². The van der Waals surface area contributed by atoms with Crippen molar-refractivity contribution >= 4 is 41.0 Å². The third kappa shape index (κ3) is 3.69. The first-order valence-electron chi connectivity index (χ1n) is 6.76. The van der Waals surface area contributed by atoms with Gasteiger partial charge in [0.15, 0.2) is 0 Å². The molecule has 0 aliphatic carbocycles. The molecule has 0 bridgehead atoms. The van der Waals surface area contributed by atoms with Crippen LogP contribution < -0.4 is 5.32 Å². The number of imide groups is 2. The Bertz CT molecular complexity index is 712. The number of hydrogen-bond acceptors (Lipinski definition) is 5. The number of halogens is 2. The van der Waals surface area contributed by atoms with Gasteiger partial charge in [-0.15, -0.1) is 0 Å². The largest absolute Gasteiger partial charge is 0.383 e. The fraction of sp³-hybridized carbons (Fsp3) is 0.286. The van der Waals surface area contributed by atoms with Crippen LogP contribution in [0.15, 0.2) is 18.2 Å². The van der Waals surface area contributed by atoms with Crippen LogP contribution in [-0.2, 0) is 19.1 Å². The first kappa shape index (κ1) is 17.8. The van der Waals surface area contributed by atoms with Gasteiger partial charge in [0.25, 0.3) is 0 Å². The van der Waals surface area contributed by atoms with E-state index in [0.29, 0.717) is 9.80 Å². The van der Waals surface area contributed by atoms with E-state index in [1.54, 1.807) is 0 Å². The number of methoxy groups -OCH3 is 1. The summed E-state index contributed by atoms with van der Waals surface area (Å²) in [5.41, 5.74) is -0.200. The van der Waals surface area contributed by atoms with Crippen molar-refractivity contribution in [1.29, 1.82) is 0 Å². The van der Waals surface area contributed by atoms with Gasteiger partial charge in [-0.2, -0.15) is 0 Å². The standard InChI is InChI=1S/C14H13ClFN3O5/c1-24-5-4-18-12(21)13(22)19(14(18)23)7-11(20)17-10-6-8(15)2-3-9(10)16/h2-3,6H,4-5,7H2,1H3,(H,17,20). The lowest BCUT2D eigenvalue weighted by Gasteiger charge is -2.15. The molecule has 128 valence electrons. The molecular formula is C14H13ClFN3O5. The molecule has 1 aromatic carbocycles. The van der Waals surface area contributed by atoms with E-state index >= 15 is 0 Å². The number of rotatable bonds is 6. The van der Waals surface area contributed by atoms with Crippen LogP contribution in [0.3, 0.4) is 0 Å². The normalized spacial score (nSPS) is 14.5. The minimum atomic E-state index is -1.13. The Hall–Kier alpha value is -2.52. The SMILES string of the molecule is COCCN1C(=O)C(=O)N(CC(=O)Nc2cc(Cl)ccc2F)C1=O. The van der Waals surface area contributed by atoms with Crippen LogP contribution in [-0.4, -0.2) is 60.4 Å². The van der Waals surface area contributed by atoms with E-state index in [1.165, 1.54) is 19.2 Å². The molecule has 0 aromatic heterocycles. The molecule has 5 amide bonds. The number of carbonyl (C=O) groups is 4. The first-order valence-corrected chi connectivity index (χ1v) is 7.14. The Labute approximate surface area is 141 Å². The number of nitrogens with one attached hydrogen (secondary N) is 1. The van der Waals surface area contributed by atoms with Gasteiger partial charge in [0.05, 0.1) is 18.8 Å². The molecule has 1 N–H and O–H groups in total. The van der Waals surface area contributed by atoms with Crippen molar-refractivity contribution in [1.82, 2.24) is 9.80 Å². The lowest BCUT2D eigenvalue weighted by Crippen LogP contribution is -2.39. The van der Waals surface area contributed by atoms with Crippen LogP contribution in [0.5, 0.6) is 0 Å². The summed E-state index contributed by atoms with van der Waals surface area (Å²) in [4.78, 5) is 48.6. The molecule has 1 aliphatic heterocycles. The number of benzene rings is 1. The quantitative estimate of drug-likeness (QED) is 0.601. The second-order valence-corrected chi connectivity index (χ2v) is 5.23. The number of nitrogens with zero attached hydrogens (tertiary/aromatic N) is 2. The lowest BCUT2D eigenvalue weighted by atomic mass is 10.3. The third-order valence-corrected chi connectivity index (χ3v) is 3.39. The maximum Gasteiger partial charge on any atom is 0.334 e. The van der Waals surface area contributed by atoms with Gasteiger partial charge in [0.1, 0.15) is 12.4 Å². The number of urea groups is 1. The first-order chi connectivity index (χ1) is 11.3. The predicted molar refractivity (Wildman–Crippen MR) is 80.7 cm³/mol. The fourth-order valence-electron chi connectivity index (χ4n) is 2.00. The zero-order chi connectivity index (χ0) is 17.9. The van der Waals surface area contributed by atoms with Crippen LogP contribution in [0.2, 0.25) is 5.02 Å². The lowest BCUT2D eigenvalue weighted by molar-refractivity contribution is -0.143. The van der Waals surface area contributed by atoms with E-state index in [-0.39, 0.29) is 23.9 Å². The summed E-state index contributed by atoms with van der Waals surface area (Å²) >= 11 is 5.70. The van der Waals surface area contributed by atoms with Crippen LogP contribution in [0.4, 0.5) is 14.9 Å². The third-order valence-electron chi connectivity index (χ3n) is 3.16. The van der Waals surface area contributed by atoms with Crippen molar-refractivity contribution in [2.45, 2.75) is 0 Å². The molecule has 1 aliphatic rings. The Morgan fingerprint density at radius 2 is 1.92 bits per heavy atom. The van der Waals surface area contributed by atoms with Gasteiger partial charge in [0, 0.05) is 12.1 Å². The maximum absolute atomic E-state index is 13.6. The van der Waals surface area contributed by atoms with Gasteiger partial charge >= 0.3 is 17.8 Å². The molecule has 0 spiro atoms. The molecule has 0 atom stereocenters. The molecule has 0 saturated carbocycles. The second-order valence-electron chi connectivity index (χ2n) is 4.80. The molecule has 8 nitrogen and oxygen atoms in total. The minimum Gasteiger partial charge on any atom is -0.383 e. The van der Waals surface area contributed by atoms with Crippen molar-refractivity contribution in [3.8, 4) is 0 Å². The molecule has 1 fully saturated rings. The zero-order valence-corrected chi connectivity index (χ0v) is 13.3. The molecule has 0 unspecified atom stereocenters. The summed E-state index contributed by atoms with van der Waals surface area (Å²) in [6, 6.07) is 2.61. The Balaban J connectivity index is 2.05. The average molecular weight is 358 g/mol. The van der Waals surface area contributed by atoms with Crippen LogP contribution in [0.1, 0.15) is 0 Å². The van der Waals surface area contributed by atoms with E-state index in [9.17, 15) is 23.6 Å². The molecule has 2 rings (SSSR count). The van der Waals surface area contributed by atoms with Gasteiger partial charge in [-0.05, 0) is 18.2 Å². The van der Waals surface area contributed by atoms with Gasteiger partial charge in [-0.1, -0.05) is 11.6 Å². The maximum atomic E-state index is 13.6. The molecule has 1 saturated heterocycles. The smallest absolute Gasteiger partial charge is 0.334 e. The van der Waals surface area contributed by atoms with E-state index in [2.05, 4.69) is 5.32 Å². The summed E-state index contributed by atoms with van der Waals surface area (Å²) in [5.74, 6) is -3.75. The summed E-state index contributed by atoms with van der Waals surface area (Å²) in [6.07, 6.45) is 0. The zero-order valence-electron chi connectivity index (χ0n) is 12.5. The summed E-state index contributed by atoms with van der Waals surface area (Å²) < 4.78 is 18.3. The number of amides is 5. The van der Waals surface area contributed by atoms with Gasteiger partial charge < -0.3 is 10.1 Å². The van der Waals surface area contributed by atoms with Crippen molar-refractivity contribution in [3.63, 3.8) is 0 Å². The van der Waals surface area contributed by atoms with Crippen LogP contribution in [0.25, 0.3) is 0 Å². The van der Waals surface area contributed by atoms with E-state index in [4.69, 9.17) is 16.3 Å². The number of anilines is 1. The Kier molecular flexibility index (Phi) is 5.47. The van der Waals surface area contributed by atoms with Crippen molar-refractivity contribution in [2.24, 2.45) is 0 Å². The number of hydrogen-bond donors (Lipinski definition) is 1. The van der Waals surface area contributed by atoms with Crippen LogP contribution >= 0.6 is 11.6 Å². The Morgan fingerprint density at radius 3 is 2.58 bits per heavy atom. The van der Waals surface area contributed by atoms with E-state index in [1.807, 2.05) is 0 Å². The summed E-state index contributed by atoms with van der Waals surface area (Å²) in [5, 5.41) is 2.39. The summed E-state index contributed by atoms with van der Waals surface area (Å²) in [6.45, 7) is -0.779. The second kappa shape index (κ2) is 7.37. The Morgan fingerprint density at radius 1 is 1.25 bits per heavy atom. The molecular weight excluding hydrogens is 345 g/mol.